The van der Waals surface area contributed by atoms with Crippen molar-refractivity contribution in [2.75, 3.05) is 6.54 Å². The van der Waals surface area contributed by atoms with Crippen LogP contribution in [0.5, 0.6) is 0 Å². The fourth-order valence-corrected chi connectivity index (χ4v) is 1.59. The van der Waals surface area contributed by atoms with E-state index in [4.69, 9.17) is 0 Å². The zero-order valence-corrected chi connectivity index (χ0v) is 9.00. The van der Waals surface area contributed by atoms with Gasteiger partial charge in [0.2, 0.25) is 0 Å². The Kier molecular flexibility index (Phi) is 4.18. The van der Waals surface area contributed by atoms with E-state index in [1.807, 2.05) is 13.8 Å². The molecule has 0 spiro atoms. The molecule has 1 fully saturated rings. The van der Waals surface area contributed by atoms with Crippen LogP contribution in [0.15, 0.2) is 0 Å². The highest BCUT2D eigenvalue weighted by Gasteiger charge is 2.41. The van der Waals surface area contributed by atoms with Crippen molar-refractivity contribution in [1.82, 2.24) is 5.32 Å². The van der Waals surface area contributed by atoms with Crippen LogP contribution >= 0.6 is 0 Å². The molecule has 2 heteroatoms. The lowest BCUT2D eigenvalue weighted by molar-refractivity contribution is 0.202. The summed E-state index contributed by atoms with van der Waals surface area (Å²) in [5.41, 5.74) is -0.936. The van der Waals surface area contributed by atoms with Crippen LogP contribution in [0.2, 0.25) is 0 Å². The first kappa shape index (κ1) is 11.9. The molecule has 0 aliphatic carbocycles. The highest BCUT2D eigenvalue weighted by atomic mass is 19.1. The molecule has 74 valence electrons. The third kappa shape index (κ3) is 3.10. The number of rotatable bonds is 1. The minimum Gasteiger partial charge on any atom is -0.308 e. The number of nitrogens with one attached hydrogen (secondary N) is 1. The van der Waals surface area contributed by atoms with E-state index in [2.05, 4.69) is 19.2 Å². The summed E-state index contributed by atoms with van der Waals surface area (Å²) in [5, 5.41) is 3.20. The van der Waals surface area contributed by atoms with Crippen LogP contribution in [-0.4, -0.2) is 17.8 Å². The molecule has 1 saturated heterocycles. The van der Waals surface area contributed by atoms with Crippen molar-refractivity contribution in [1.29, 1.82) is 0 Å². The van der Waals surface area contributed by atoms with E-state index < -0.39 is 5.67 Å². The molecule has 0 aromatic heterocycles. The molecule has 0 radical (unpaired) electrons. The van der Waals surface area contributed by atoms with Gasteiger partial charge in [-0.05, 0) is 20.3 Å². The largest absolute Gasteiger partial charge is 0.308 e. The Bertz CT molecular complexity index is 134. The molecule has 1 aliphatic heterocycles. The van der Waals surface area contributed by atoms with Gasteiger partial charge in [-0.15, -0.1) is 0 Å². The smallest absolute Gasteiger partial charge is 0.122 e. The highest BCUT2D eigenvalue weighted by molar-refractivity contribution is 4.99. The molecule has 1 heterocycles. The maximum absolute atomic E-state index is 13.2. The second kappa shape index (κ2) is 4.22. The van der Waals surface area contributed by atoms with Gasteiger partial charge in [-0.2, -0.15) is 0 Å². The van der Waals surface area contributed by atoms with E-state index in [1.165, 1.54) is 0 Å². The van der Waals surface area contributed by atoms with Crippen molar-refractivity contribution in [3.63, 3.8) is 0 Å². The van der Waals surface area contributed by atoms with Crippen molar-refractivity contribution >= 4 is 0 Å². The van der Waals surface area contributed by atoms with Gasteiger partial charge in [0.1, 0.15) is 5.67 Å². The maximum Gasteiger partial charge on any atom is 0.122 e. The molecular formula is C10H22FN. The summed E-state index contributed by atoms with van der Waals surface area (Å²) in [5.74, 6) is 0. The second-order valence-electron chi connectivity index (χ2n) is 3.86. The molecule has 1 nitrogen and oxygen atoms in total. The van der Waals surface area contributed by atoms with Crippen LogP contribution in [0, 0.1) is 0 Å². The Balaban J connectivity index is 0.000000561. The lowest BCUT2D eigenvalue weighted by Gasteiger charge is -2.22. The van der Waals surface area contributed by atoms with Crippen LogP contribution in [-0.2, 0) is 0 Å². The van der Waals surface area contributed by atoms with Gasteiger partial charge < -0.3 is 5.32 Å². The summed E-state index contributed by atoms with van der Waals surface area (Å²) in [7, 11) is 0. The van der Waals surface area contributed by atoms with E-state index in [9.17, 15) is 4.39 Å². The summed E-state index contributed by atoms with van der Waals surface area (Å²) in [6.45, 7) is 10.4. The first-order chi connectivity index (χ1) is 5.47. The minimum absolute atomic E-state index is 0.0451. The molecule has 1 aliphatic rings. The Labute approximate surface area is 75.7 Å². The Morgan fingerprint density at radius 2 is 1.83 bits per heavy atom. The molecule has 0 amide bonds. The molecule has 1 rings (SSSR count). The quantitative estimate of drug-likeness (QED) is 0.646. The fourth-order valence-electron chi connectivity index (χ4n) is 1.59. The zero-order chi connectivity index (χ0) is 9.83. The van der Waals surface area contributed by atoms with E-state index in [-0.39, 0.29) is 5.54 Å². The van der Waals surface area contributed by atoms with Gasteiger partial charge in [0.15, 0.2) is 0 Å². The summed E-state index contributed by atoms with van der Waals surface area (Å²) in [6.07, 6.45) is 1.66. The van der Waals surface area contributed by atoms with Crippen molar-refractivity contribution in [3.05, 3.63) is 0 Å². The number of halogens is 1. The molecule has 0 aromatic carbocycles. The minimum atomic E-state index is -0.981. The van der Waals surface area contributed by atoms with Crippen molar-refractivity contribution < 1.29 is 4.39 Å². The van der Waals surface area contributed by atoms with Crippen molar-refractivity contribution in [3.8, 4) is 0 Å². The molecule has 2 atom stereocenters. The van der Waals surface area contributed by atoms with Crippen molar-refractivity contribution in [2.24, 2.45) is 0 Å². The van der Waals surface area contributed by atoms with Gasteiger partial charge in [0, 0.05) is 18.5 Å². The highest BCUT2D eigenvalue weighted by Crippen LogP contribution is 2.32. The van der Waals surface area contributed by atoms with E-state index in [0.717, 1.165) is 6.42 Å². The zero-order valence-electron chi connectivity index (χ0n) is 9.00. The van der Waals surface area contributed by atoms with Gasteiger partial charge in [0.25, 0.3) is 0 Å². The first-order valence-electron chi connectivity index (χ1n) is 4.91. The van der Waals surface area contributed by atoms with Crippen LogP contribution in [0.25, 0.3) is 0 Å². The molecule has 0 aromatic rings. The molecule has 1 N–H and O–H groups in total. The third-order valence-electron chi connectivity index (χ3n) is 2.42. The monoisotopic (exact) mass is 175 g/mol. The topological polar surface area (TPSA) is 12.0 Å². The lowest BCUT2D eigenvalue weighted by Crippen LogP contribution is -2.34. The summed E-state index contributed by atoms with van der Waals surface area (Å²) in [4.78, 5) is 0. The Morgan fingerprint density at radius 3 is 2.00 bits per heavy atom. The normalized spacial score (nSPS) is 40.5. The van der Waals surface area contributed by atoms with Crippen molar-refractivity contribution in [2.45, 2.75) is 58.7 Å². The SMILES string of the molecule is CC.CCC1(C)CC(C)(F)CN1. The van der Waals surface area contributed by atoms with E-state index in [1.54, 1.807) is 6.92 Å². The van der Waals surface area contributed by atoms with Gasteiger partial charge in [-0.1, -0.05) is 20.8 Å². The summed E-state index contributed by atoms with van der Waals surface area (Å²) < 4.78 is 13.2. The number of hydrogen-bond donors (Lipinski definition) is 1. The van der Waals surface area contributed by atoms with E-state index >= 15 is 0 Å². The predicted molar refractivity (Wildman–Crippen MR) is 52.2 cm³/mol. The Hall–Kier alpha value is -0.110. The van der Waals surface area contributed by atoms with Gasteiger partial charge >= 0.3 is 0 Å². The average Bonchev–Trinajstić information content (AvgIpc) is 2.31. The molecule has 12 heavy (non-hydrogen) atoms. The maximum atomic E-state index is 13.2. The molecule has 0 saturated carbocycles. The lowest BCUT2D eigenvalue weighted by atomic mass is 9.92. The van der Waals surface area contributed by atoms with Crippen LogP contribution in [0.3, 0.4) is 0 Å². The number of hydrogen-bond acceptors (Lipinski definition) is 1. The van der Waals surface area contributed by atoms with E-state index in [0.29, 0.717) is 13.0 Å². The summed E-state index contributed by atoms with van der Waals surface area (Å²) >= 11 is 0. The average molecular weight is 175 g/mol. The van der Waals surface area contributed by atoms with Gasteiger partial charge in [0.05, 0.1) is 0 Å². The van der Waals surface area contributed by atoms with Gasteiger partial charge in [-0.25, -0.2) is 4.39 Å². The van der Waals surface area contributed by atoms with Crippen LogP contribution in [0.1, 0.15) is 47.5 Å². The number of alkyl halides is 1. The fraction of sp³-hybridized carbons (Fsp3) is 1.00. The molecular weight excluding hydrogens is 153 g/mol. The summed E-state index contributed by atoms with van der Waals surface area (Å²) in [6, 6.07) is 0. The predicted octanol–water partition coefficient (Wildman–Crippen LogP) is 2.90. The van der Waals surface area contributed by atoms with Crippen LogP contribution in [0.4, 0.5) is 4.39 Å². The molecule has 0 bridgehead atoms. The molecule has 2 unspecified atom stereocenters. The standard InChI is InChI=1S/C8H16FN.C2H6/c1-4-8(3)5-7(2,9)6-10-8;1-2/h10H,4-6H2,1-3H3;1-2H3. The second-order valence-corrected chi connectivity index (χ2v) is 3.86. The Morgan fingerprint density at radius 1 is 1.33 bits per heavy atom. The van der Waals surface area contributed by atoms with Gasteiger partial charge in [-0.3, -0.25) is 0 Å². The first-order valence-corrected chi connectivity index (χ1v) is 4.91. The third-order valence-corrected chi connectivity index (χ3v) is 2.42. The van der Waals surface area contributed by atoms with Crippen LogP contribution < -0.4 is 5.32 Å².